The van der Waals surface area contributed by atoms with Crippen LogP contribution in [-0.2, 0) is 10.0 Å². The molecule has 1 aromatic carbocycles. The Morgan fingerprint density at radius 2 is 1.83 bits per heavy atom. The van der Waals surface area contributed by atoms with Crippen molar-refractivity contribution in [2.45, 2.75) is 4.90 Å². The van der Waals surface area contributed by atoms with Gasteiger partial charge in [0.15, 0.2) is 5.82 Å². The lowest BCUT2D eigenvalue weighted by Gasteiger charge is -2.08. The van der Waals surface area contributed by atoms with Crippen molar-refractivity contribution in [3.8, 4) is 0 Å². The van der Waals surface area contributed by atoms with Gasteiger partial charge in [0.2, 0.25) is 0 Å². The number of hydrogen-bond donors (Lipinski definition) is 2. The van der Waals surface area contributed by atoms with Crippen molar-refractivity contribution in [3.05, 3.63) is 47.6 Å². The molecule has 0 aliphatic carbocycles. The van der Waals surface area contributed by atoms with E-state index in [0.717, 1.165) is 0 Å². The second kappa shape index (κ2) is 4.83. The molecule has 0 aliphatic rings. The maximum atomic E-state index is 12.0. The SMILES string of the molecule is Nc1cccnc1NS(=O)(=O)c1ccc(Cl)cc1. The number of sulfonamides is 1. The minimum atomic E-state index is -3.70. The zero-order valence-electron chi connectivity index (χ0n) is 9.17. The van der Waals surface area contributed by atoms with Crippen molar-refractivity contribution in [1.29, 1.82) is 0 Å². The standard InChI is InChI=1S/C11H10ClN3O2S/c12-8-3-5-9(6-4-8)18(16,17)15-11-10(13)2-1-7-14-11/h1-7H,13H2,(H,14,15). The van der Waals surface area contributed by atoms with Gasteiger partial charge in [-0.15, -0.1) is 0 Å². The van der Waals surface area contributed by atoms with Crippen LogP contribution < -0.4 is 10.5 Å². The third-order valence-electron chi connectivity index (χ3n) is 2.19. The molecular weight excluding hydrogens is 274 g/mol. The maximum Gasteiger partial charge on any atom is 0.263 e. The summed E-state index contributed by atoms with van der Waals surface area (Å²) in [6, 6.07) is 8.99. The van der Waals surface area contributed by atoms with Gasteiger partial charge in [0.05, 0.1) is 10.6 Å². The summed E-state index contributed by atoms with van der Waals surface area (Å²) >= 11 is 5.70. The average molecular weight is 284 g/mol. The highest BCUT2D eigenvalue weighted by atomic mass is 35.5. The van der Waals surface area contributed by atoms with E-state index in [4.69, 9.17) is 17.3 Å². The third-order valence-corrected chi connectivity index (χ3v) is 3.80. The zero-order valence-corrected chi connectivity index (χ0v) is 10.7. The molecule has 0 saturated heterocycles. The predicted molar refractivity (Wildman–Crippen MR) is 70.9 cm³/mol. The number of benzene rings is 1. The molecule has 1 heterocycles. The van der Waals surface area contributed by atoms with E-state index in [9.17, 15) is 8.42 Å². The summed E-state index contributed by atoms with van der Waals surface area (Å²) in [5.74, 6) is 0.104. The lowest BCUT2D eigenvalue weighted by atomic mass is 10.4. The fraction of sp³-hybridized carbons (Fsp3) is 0. The fourth-order valence-electron chi connectivity index (χ4n) is 1.30. The van der Waals surface area contributed by atoms with E-state index >= 15 is 0 Å². The lowest BCUT2D eigenvalue weighted by molar-refractivity contribution is 0.601. The summed E-state index contributed by atoms with van der Waals surface area (Å²) < 4.78 is 26.3. The van der Waals surface area contributed by atoms with Crippen LogP contribution in [0.5, 0.6) is 0 Å². The van der Waals surface area contributed by atoms with Gasteiger partial charge in [0.1, 0.15) is 0 Å². The maximum absolute atomic E-state index is 12.0. The van der Waals surface area contributed by atoms with Crippen LogP contribution in [-0.4, -0.2) is 13.4 Å². The number of hydrogen-bond acceptors (Lipinski definition) is 4. The Balaban J connectivity index is 2.33. The Hall–Kier alpha value is -1.79. The minimum absolute atomic E-state index is 0.0944. The van der Waals surface area contributed by atoms with Crippen LogP contribution in [0, 0.1) is 0 Å². The van der Waals surface area contributed by atoms with Crippen molar-refractivity contribution < 1.29 is 8.42 Å². The fourth-order valence-corrected chi connectivity index (χ4v) is 2.47. The number of halogens is 1. The molecule has 0 atom stereocenters. The summed E-state index contributed by atoms with van der Waals surface area (Å²) in [6.07, 6.45) is 1.45. The Kier molecular flexibility index (Phi) is 3.40. The number of nitrogen functional groups attached to an aromatic ring is 1. The Labute approximate surface area is 110 Å². The van der Waals surface area contributed by atoms with Crippen LogP contribution in [0.1, 0.15) is 0 Å². The molecule has 2 aromatic rings. The second-order valence-electron chi connectivity index (χ2n) is 3.50. The molecule has 7 heteroatoms. The number of anilines is 2. The van der Waals surface area contributed by atoms with Crippen LogP contribution in [0.15, 0.2) is 47.5 Å². The van der Waals surface area contributed by atoms with Gasteiger partial charge < -0.3 is 5.73 Å². The molecule has 0 unspecified atom stereocenters. The Bertz CT molecular complexity index is 656. The molecule has 2 rings (SSSR count). The second-order valence-corrected chi connectivity index (χ2v) is 5.62. The molecule has 5 nitrogen and oxygen atoms in total. The number of aromatic nitrogens is 1. The highest BCUT2D eigenvalue weighted by Gasteiger charge is 2.15. The highest BCUT2D eigenvalue weighted by molar-refractivity contribution is 7.92. The van der Waals surface area contributed by atoms with E-state index in [1.807, 2.05) is 0 Å². The predicted octanol–water partition coefficient (Wildman–Crippen LogP) is 2.12. The van der Waals surface area contributed by atoms with Gasteiger partial charge in [0, 0.05) is 11.2 Å². The van der Waals surface area contributed by atoms with Gasteiger partial charge in [-0.25, -0.2) is 13.4 Å². The first-order valence-electron chi connectivity index (χ1n) is 4.98. The van der Waals surface area contributed by atoms with Gasteiger partial charge in [-0.3, -0.25) is 4.72 Å². The molecule has 0 aliphatic heterocycles. The number of nitrogens with zero attached hydrogens (tertiary/aromatic N) is 1. The van der Waals surface area contributed by atoms with Gasteiger partial charge in [-0.2, -0.15) is 0 Å². The van der Waals surface area contributed by atoms with E-state index in [0.29, 0.717) is 5.02 Å². The molecular formula is C11H10ClN3O2S. The van der Waals surface area contributed by atoms with Crippen LogP contribution in [0.25, 0.3) is 0 Å². The Morgan fingerprint density at radius 1 is 1.17 bits per heavy atom. The van der Waals surface area contributed by atoms with Crippen LogP contribution in [0.4, 0.5) is 11.5 Å². The molecule has 3 N–H and O–H groups in total. The number of nitrogens with two attached hydrogens (primary N) is 1. The van der Waals surface area contributed by atoms with E-state index in [1.54, 1.807) is 12.1 Å². The first kappa shape index (κ1) is 12.7. The van der Waals surface area contributed by atoms with Crippen molar-refractivity contribution in [3.63, 3.8) is 0 Å². The number of rotatable bonds is 3. The van der Waals surface area contributed by atoms with E-state index < -0.39 is 10.0 Å². The molecule has 0 bridgehead atoms. The molecule has 0 fully saturated rings. The van der Waals surface area contributed by atoms with Gasteiger partial charge >= 0.3 is 0 Å². The van der Waals surface area contributed by atoms with E-state index in [-0.39, 0.29) is 16.4 Å². The summed E-state index contributed by atoms with van der Waals surface area (Å²) in [5.41, 5.74) is 5.88. The average Bonchev–Trinajstić information content (AvgIpc) is 2.32. The van der Waals surface area contributed by atoms with Crippen molar-refractivity contribution in [2.24, 2.45) is 0 Å². The smallest absolute Gasteiger partial charge is 0.263 e. The molecule has 18 heavy (non-hydrogen) atoms. The summed E-state index contributed by atoms with van der Waals surface area (Å²) in [5, 5.41) is 0.464. The van der Waals surface area contributed by atoms with Crippen LogP contribution in [0.2, 0.25) is 5.02 Å². The van der Waals surface area contributed by atoms with Crippen LogP contribution in [0.3, 0.4) is 0 Å². The normalized spacial score (nSPS) is 11.2. The van der Waals surface area contributed by atoms with Gasteiger partial charge in [0.25, 0.3) is 10.0 Å². The molecule has 0 amide bonds. The first-order valence-corrected chi connectivity index (χ1v) is 6.84. The quantitative estimate of drug-likeness (QED) is 0.903. The molecule has 94 valence electrons. The minimum Gasteiger partial charge on any atom is -0.396 e. The third kappa shape index (κ3) is 2.72. The largest absolute Gasteiger partial charge is 0.396 e. The zero-order chi connectivity index (χ0) is 13.2. The molecule has 0 saturated carbocycles. The topological polar surface area (TPSA) is 85.1 Å². The van der Waals surface area contributed by atoms with E-state index in [2.05, 4.69) is 9.71 Å². The van der Waals surface area contributed by atoms with E-state index in [1.165, 1.54) is 30.5 Å². The van der Waals surface area contributed by atoms with Crippen molar-refractivity contribution in [2.75, 3.05) is 10.5 Å². The Morgan fingerprint density at radius 3 is 2.44 bits per heavy atom. The van der Waals surface area contributed by atoms with Gasteiger partial charge in [-0.05, 0) is 36.4 Å². The number of nitrogens with one attached hydrogen (secondary N) is 1. The van der Waals surface area contributed by atoms with Crippen molar-refractivity contribution >= 4 is 33.1 Å². The highest BCUT2D eigenvalue weighted by Crippen LogP contribution is 2.20. The monoisotopic (exact) mass is 283 g/mol. The summed E-state index contributed by atoms with van der Waals surface area (Å²) in [7, 11) is -3.70. The lowest BCUT2D eigenvalue weighted by Crippen LogP contribution is -2.15. The molecule has 0 radical (unpaired) electrons. The number of pyridine rings is 1. The van der Waals surface area contributed by atoms with Gasteiger partial charge in [-0.1, -0.05) is 11.6 Å². The van der Waals surface area contributed by atoms with Crippen molar-refractivity contribution in [1.82, 2.24) is 4.98 Å². The van der Waals surface area contributed by atoms with Crippen LogP contribution >= 0.6 is 11.6 Å². The molecule has 0 spiro atoms. The molecule has 1 aromatic heterocycles. The summed E-state index contributed by atoms with van der Waals surface area (Å²) in [4.78, 5) is 3.96. The summed E-state index contributed by atoms with van der Waals surface area (Å²) in [6.45, 7) is 0. The first-order chi connectivity index (χ1) is 8.49.